The van der Waals surface area contributed by atoms with E-state index in [1.807, 2.05) is 85.8 Å². The van der Waals surface area contributed by atoms with Crippen molar-refractivity contribution in [2.45, 2.75) is 13.5 Å². The molecule has 0 bridgehead atoms. The summed E-state index contributed by atoms with van der Waals surface area (Å²) in [5.74, 6) is 0.674. The van der Waals surface area contributed by atoms with E-state index in [-0.39, 0.29) is 12.5 Å². The fraction of sp³-hybridized carbons (Fsp3) is 0.136. The van der Waals surface area contributed by atoms with Crippen LogP contribution in [0.15, 0.2) is 78.9 Å². The molecular weight excluding hydrogens is 324 g/mol. The van der Waals surface area contributed by atoms with E-state index in [1.165, 1.54) is 5.56 Å². The Morgan fingerprint density at radius 3 is 2.19 bits per heavy atom. The number of carbonyl (C=O) groups excluding carboxylic acids is 1. The Morgan fingerprint density at radius 1 is 0.846 bits per heavy atom. The Hall–Kier alpha value is -3.27. The molecule has 4 nitrogen and oxygen atoms in total. The van der Waals surface area contributed by atoms with Crippen molar-refractivity contribution in [3.05, 3.63) is 90.0 Å². The van der Waals surface area contributed by atoms with Gasteiger partial charge in [0.2, 0.25) is 5.91 Å². The smallest absolute Gasteiger partial charge is 0.243 e. The van der Waals surface area contributed by atoms with Crippen molar-refractivity contribution >= 4 is 17.3 Å². The van der Waals surface area contributed by atoms with Gasteiger partial charge in [-0.25, -0.2) is 0 Å². The first-order valence-electron chi connectivity index (χ1n) is 8.56. The molecule has 132 valence electrons. The van der Waals surface area contributed by atoms with Crippen LogP contribution in [0.3, 0.4) is 0 Å². The molecule has 0 saturated heterocycles. The number of ether oxygens (including phenoxy) is 1. The second-order valence-corrected chi connectivity index (χ2v) is 6.07. The molecule has 0 radical (unpaired) electrons. The Balaban J connectivity index is 1.45. The van der Waals surface area contributed by atoms with Gasteiger partial charge in [0, 0.05) is 11.4 Å². The SMILES string of the molecule is Cc1ccc(NCC(=O)Nc2ccc(OCc3ccccc3)cc2)cc1. The van der Waals surface area contributed by atoms with Crippen LogP contribution >= 0.6 is 0 Å². The molecule has 0 atom stereocenters. The molecule has 3 aromatic carbocycles. The quantitative estimate of drug-likeness (QED) is 0.656. The van der Waals surface area contributed by atoms with Crippen molar-refractivity contribution in [2.75, 3.05) is 17.2 Å². The van der Waals surface area contributed by atoms with Gasteiger partial charge >= 0.3 is 0 Å². The van der Waals surface area contributed by atoms with Gasteiger partial charge in [-0.15, -0.1) is 0 Å². The minimum Gasteiger partial charge on any atom is -0.489 e. The monoisotopic (exact) mass is 346 g/mol. The van der Waals surface area contributed by atoms with Crippen LogP contribution in [-0.2, 0) is 11.4 Å². The minimum atomic E-state index is -0.0940. The van der Waals surface area contributed by atoms with Crippen molar-refractivity contribution < 1.29 is 9.53 Å². The Morgan fingerprint density at radius 2 is 1.50 bits per heavy atom. The summed E-state index contributed by atoms with van der Waals surface area (Å²) in [5, 5.41) is 5.97. The average Bonchev–Trinajstić information content (AvgIpc) is 2.68. The summed E-state index contributed by atoms with van der Waals surface area (Å²) < 4.78 is 5.74. The van der Waals surface area contributed by atoms with E-state index in [4.69, 9.17) is 4.74 Å². The number of carbonyl (C=O) groups is 1. The lowest BCUT2D eigenvalue weighted by molar-refractivity contribution is -0.114. The standard InChI is InChI=1S/C22H22N2O2/c1-17-7-9-19(10-8-17)23-15-22(25)24-20-11-13-21(14-12-20)26-16-18-5-3-2-4-6-18/h2-14,23H,15-16H2,1H3,(H,24,25). The molecule has 2 N–H and O–H groups in total. The predicted molar refractivity (Wildman–Crippen MR) is 106 cm³/mol. The molecule has 0 aliphatic heterocycles. The zero-order valence-corrected chi connectivity index (χ0v) is 14.7. The first-order valence-corrected chi connectivity index (χ1v) is 8.56. The number of nitrogens with one attached hydrogen (secondary N) is 2. The summed E-state index contributed by atoms with van der Waals surface area (Å²) in [4.78, 5) is 12.0. The molecule has 3 rings (SSSR count). The average molecular weight is 346 g/mol. The zero-order chi connectivity index (χ0) is 18.2. The highest BCUT2D eigenvalue weighted by Crippen LogP contribution is 2.17. The van der Waals surface area contributed by atoms with E-state index in [1.54, 1.807) is 0 Å². The topological polar surface area (TPSA) is 50.4 Å². The van der Waals surface area contributed by atoms with E-state index in [9.17, 15) is 4.79 Å². The lowest BCUT2D eigenvalue weighted by Crippen LogP contribution is -2.21. The highest BCUT2D eigenvalue weighted by molar-refractivity contribution is 5.93. The molecule has 0 heterocycles. The molecule has 26 heavy (non-hydrogen) atoms. The molecular formula is C22H22N2O2. The van der Waals surface area contributed by atoms with Crippen LogP contribution in [0, 0.1) is 6.92 Å². The van der Waals surface area contributed by atoms with Crippen LogP contribution in [0.1, 0.15) is 11.1 Å². The molecule has 0 aromatic heterocycles. The van der Waals surface area contributed by atoms with Crippen molar-refractivity contribution in [1.82, 2.24) is 0 Å². The molecule has 4 heteroatoms. The maximum Gasteiger partial charge on any atom is 0.243 e. The molecule has 0 spiro atoms. The third-order valence-corrected chi connectivity index (χ3v) is 3.89. The number of aryl methyl sites for hydroxylation is 1. The van der Waals surface area contributed by atoms with E-state index in [2.05, 4.69) is 10.6 Å². The molecule has 0 fully saturated rings. The molecule has 0 saturated carbocycles. The fourth-order valence-corrected chi connectivity index (χ4v) is 2.43. The van der Waals surface area contributed by atoms with Gasteiger partial charge in [-0.1, -0.05) is 48.0 Å². The Kier molecular flexibility index (Phi) is 5.88. The lowest BCUT2D eigenvalue weighted by Gasteiger charge is -2.10. The highest BCUT2D eigenvalue weighted by Gasteiger charge is 2.03. The number of hydrogen-bond donors (Lipinski definition) is 2. The normalized spacial score (nSPS) is 10.2. The third kappa shape index (κ3) is 5.38. The summed E-state index contributed by atoms with van der Waals surface area (Å²) in [6.45, 7) is 2.77. The predicted octanol–water partition coefficient (Wildman–Crippen LogP) is 4.62. The van der Waals surface area contributed by atoms with Crippen molar-refractivity contribution in [3.8, 4) is 5.75 Å². The fourth-order valence-electron chi connectivity index (χ4n) is 2.43. The van der Waals surface area contributed by atoms with Crippen LogP contribution < -0.4 is 15.4 Å². The van der Waals surface area contributed by atoms with E-state index in [0.717, 1.165) is 22.7 Å². The number of rotatable bonds is 7. The number of anilines is 2. The van der Waals surface area contributed by atoms with Crippen LogP contribution in [0.4, 0.5) is 11.4 Å². The minimum absolute atomic E-state index is 0.0940. The maximum absolute atomic E-state index is 12.0. The van der Waals surface area contributed by atoms with Crippen LogP contribution in [-0.4, -0.2) is 12.5 Å². The first-order chi connectivity index (χ1) is 12.7. The highest BCUT2D eigenvalue weighted by atomic mass is 16.5. The van der Waals surface area contributed by atoms with Gasteiger partial charge in [-0.2, -0.15) is 0 Å². The summed E-state index contributed by atoms with van der Waals surface area (Å²) in [7, 11) is 0. The number of amides is 1. The Bertz CT molecular complexity index is 828. The van der Waals surface area contributed by atoms with Crippen molar-refractivity contribution in [1.29, 1.82) is 0 Å². The molecule has 1 amide bonds. The molecule has 0 aliphatic rings. The lowest BCUT2D eigenvalue weighted by atomic mass is 10.2. The molecule has 0 aliphatic carbocycles. The second kappa shape index (κ2) is 8.72. The van der Waals surface area contributed by atoms with E-state index in [0.29, 0.717) is 6.61 Å². The van der Waals surface area contributed by atoms with Gasteiger partial charge in [0.05, 0.1) is 6.54 Å². The Labute approximate surface area is 153 Å². The number of benzene rings is 3. The van der Waals surface area contributed by atoms with Gasteiger partial charge in [0.15, 0.2) is 0 Å². The summed E-state index contributed by atoms with van der Waals surface area (Å²) >= 11 is 0. The summed E-state index contributed by atoms with van der Waals surface area (Å²) in [6.07, 6.45) is 0. The largest absolute Gasteiger partial charge is 0.489 e. The maximum atomic E-state index is 12.0. The summed E-state index contributed by atoms with van der Waals surface area (Å²) in [6, 6.07) is 25.3. The van der Waals surface area contributed by atoms with Crippen molar-refractivity contribution in [3.63, 3.8) is 0 Å². The molecule has 3 aromatic rings. The van der Waals surface area contributed by atoms with Crippen molar-refractivity contribution in [2.24, 2.45) is 0 Å². The van der Waals surface area contributed by atoms with Gasteiger partial charge < -0.3 is 15.4 Å². The van der Waals surface area contributed by atoms with Gasteiger partial charge in [-0.05, 0) is 48.9 Å². The summed E-state index contributed by atoms with van der Waals surface area (Å²) in [5.41, 5.74) is 3.98. The first kappa shape index (κ1) is 17.5. The van der Waals surface area contributed by atoms with Gasteiger partial charge in [0.1, 0.15) is 12.4 Å². The van der Waals surface area contributed by atoms with Crippen LogP contribution in [0.2, 0.25) is 0 Å². The zero-order valence-electron chi connectivity index (χ0n) is 14.7. The van der Waals surface area contributed by atoms with Crippen LogP contribution in [0.25, 0.3) is 0 Å². The number of hydrogen-bond acceptors (Lipinski definition) is 3. The van der Waals surface area contributed by atoms with Gasteiger partial charge in [-0.3, -0.25) is 4.79 Å². The van der Waals surface area contributed by atoms with Gasteiger partial charge in [0.25, 0.3) is 0 Å². The third-order valence-electron chi connectivity index (χ3n) is 3.89. The van der Waals surface area contributed by atoms with Crippen LogP contribution in [0.5, 0.6) is 5.75 Å². The molecule has 0 unspecified atom stereocenters. The van der Waals surface area contributed by atoms with E-state index < -0.39 is 0 Å². The second-order valence-electron chi connectivity index (χ2n) is 6.07. The van der Waals surface area contributed by atoms with E-state index >= 15 is 0 Å².